The number of hydrogen-bond donors (Lipinski definition) is 0. The molecule has 8 heterocycles. The Morgan fingerprint density at radius 1 is 0.200 bits per heavy atom. The summed E-state index contributed by atoms with van der Waals surface area (Å²) in [5.41, 5.74) is 26.5. The predicted octanol–water partition coefficient (Wildman–Crippen LogP) is 33.9. The van der Waals surface area contributed by atoms with Crippen LogP contribution in [0.2, 0.25) is 0 Å². The molecule has 120 heavy (non-hydrogen) atoms. The summed E-state index contributed by atoms with van der Waals surface area (Å²) < 4.78 is 10.6. The minimum atomic E-state index is -0.372. The van der Waals surface area contributed by atoms with Crippen LogP contribution in [0.3, 0.4) is 0 Å². The van der Waals surface area contributed by atoms with Crippen LogP contribution >= 0.6 is 45.3 Å². The number of anilines is 12. The van der Waals surface area contributed by atoms with Crippen molar-refractivity contribution in [2.45, 2.75) is 77.0 Å². The molecule has 0 amide bonds. The number of thiophene rings is 4. The Kier molecular flexibility index (Phi) is 14.0. The molecule has 0 saturated heterocycles. The third-order valence-corrected chi connectivity index (χ3v) is 32.5. The quantitative estimate of drug-likeness (QED) is 0.170. The minimum Gasteiger partial charge on any atom is -0.310 e. The van der Waals surface area contributed by atoms with Gasteiger partial charge < -0.3 is 19.6 Å². The van der Waals surface area contributed by atoms with Crippen LogP contribution in [0.4, 0.5) is 68.2 Å². The summed E-state index contributed by atoms with van der Waals surface area (Å²) in [4.78, 5) is 10.3. The van der Waals surface area contributed by atoms with Gasteiger partial charge in [0.15, 0.2) is 0 Å². The lowest BCUT2D eigenvalue weighted by Crippen LogP contribution is -2.31. The fourth-order valence-corrected chi connectivity index (χ4v) is 27.5. The van der Waals surface area contributed by atoms with E-state index in [9.17, 15) is 0 Å². The van der Waals surface area contributed by atoms with Crippen molar-refractivity contribution < 1.29 is 0 Å². The van der Waals surface area contributed by atoms with Crippen LogP contribution < -0.4 is 19.6 Å². The highest BCUT2D eigenvalue weighted by Gasteiger charge is 2.46. The second-order valence-electron chi connectivity index (χ2n) is 35.8. The monoisotopic (exact) mass is 1610 g/mol. The summed E-state index contributed by atoms with van der Waals surface area (Å²) in [7, 11) is 0. The van der Waals surface area contributed by atoms with E-state index in [0.717, 1.165) is 11.4 Å². The molecule has 4 aliphatic rings. The van der Waals surface area contributed by atoms with Crippen LogP contribution in [0.25, 0.3) is 135 Å². The van der Waals surface area contributed by atoms with E-state index in [-0.39, 0.29) is 21.7 Å². The smallest absolute Gasteiger partial charge is 0.0595 e. The van der Waals surface area contributed by atoms with Crippen molar-refractivity contribution in [3.63, 3.8) is 0 Å². The molecule has 4 nitrogen and oxygen atoms in total. The molecule has 0 atom stereocenters. The van der Waals surface area contributed by atoms with Gasteiger partial charge in [0.25, 0.3) is 0 Å². The third-order valence-electron chi connectivity index (χ3n) is 27.9. The normalized spacial score (nSPS) is 15.4. The molecule has 0 bridgehead atoms. The fraction of sp³-hybridized carbons (Fsp3) is 0.107. The molecule has 0 radical (unpaired) electrons. The molecule has 570 valence electrons. The molecule has 0 unspecified atom stereocenters. The van der Waals surface area contributed by atoms with Gasteiger partial charge in [-0.3, -0.25) is 0 Å². The van der Waals surface area contributed by atoms with Gasteiger partial charge in [-0.2, -0.15) is 0 Å². The van der Waals surface area contributed by atoms with Crippen LogP contribution in [0.15, 0.2) is 328 Å². The van der Waals surface area contributed by atoms with Gasteiger partial charge in [-0.15, -0.1) is 45.3 Å². The SMILES string of the molecule is CC1(C)c2cc3ccccc3cc2N(c2ccccc2)c2c1ccc1sc3cc4c(cc3c21)sc1ccc2c(c14)N(c1ccccc1)c1cc3ccc(-c4cccc(N5c6ccc7ccccc7c6C(C)(C)c6c5ccc5c6sc6cc7c(cc65)sc5c6c(ccc57)N(c5ccccc5)c5ccc7ccccc7c5C6(C)C)c4)cc3cc1C2(C)C. The molecular formula is C112H78N4S4. The summed E-state index contributed by atoms with van der Waals surface area (Å²) >= 11 is 7.82. The average Bonchev–Trinajstić information content (AvgIpc) is 1.42. The molecule has 18 aromatic carbocycles. The van der Waals surface area contributed by atoms with E-state index < -0.39 is 0 Å². The Morgan fingerprint density at radius 2 is 0.575 bits per heavy atom. The number of para-hydroxylation sites is 3. The zero-order valence-electron chi connectivity index (χ0n) is 67.6. The van der Waals surface area contributed by atoms with Crippen molar-refractivity contribution >= 4 is 237 Å². The van der Waals surface area contributed by atoms with E-state index >= 15 is 0 Å². The Bertz CT molecular complexity index is 8320. The van der Waals surface area contributed by atoms with E-state index in [2.05, 4.69) is 403 Å². The Labute approximate surface area is 711 Å². The van der Waals surface area contributed by atoms with E-state index in [0.29, 0.717) is 0 Å². The number of nitrogens with zero attached hydrogens (tertiary/aromatic N) is 4. The Morgan fingerprint density at radius 3 is 1.07 bits per heavy atom. The van der Waals surface area contributed by atoms with Crippen molar-refractivity contribution in [2.24, 2.45) is 0 Å². The standard InChI is InChI=1S/C112H78N4S4/c1-109(2)83-45-51-93-99(105(83)115(72-32-14-10-15-33-72)91-57-67-28-19-18-27-66(67)55-85(91)109)81-61-98-82(62-97(81)117-93)100-94(118-98)52-46-84-106(100)116(73-34-16-11-17-35-73)92-58-69-40-39-68(53-70(69)56-86(92)110(84,3)4)65-29-24-36-74(54-65)114-88-48-42-64-26-21-23-38-76(64)102(88)112(7,8)104-90(114)50-44-78-80-60-95-79(59-96(80)120-108(78)104)77-43-49-89-103(107(77)119-95)111(5,6)101-75-37-22-20-25-63(75)41-47-87(101)113(89)71-30-12-9-13-31-71/h9-62H,1-8H3. The molecule has 0 N–H and O–H groups in total. The van der Waals surface area contributed by atoms with Gasteiger partial charge in [-0.1, -0.05) is 243 Å². The molecular weight excluding hydrogens is 1530 g/mol. The lowest BCUT2D eigenvalue weighted by Gasteiger charge is -2.43. The maximum absolute atomic E-state index is 2.61. The summed E-state index contributed by atoms with van der Waals surface area (Å²) in [6.07, 6.45) is 0. The van der Waals surface area contributed by atoms with Crippen molar-refractivity contribution in [3.05, 3.63) is 372 Å². The Hall–Kier alpha value is -12.9. The van der Waals surface area contributed by atoms with Crippen LogP contribution in [0.5, 0.6) is 0 Å². The molecule has 0 fully saturated rings. The van der Waals surface area contributed by atoms with Gasteiger partial charge >= 0.3 is 0 Å². The van der Waals surface area contributed by atoms with Gasteiger partial charge in [-0.25, -0.2) is 0 Å². The number of fused-ring (bicyclic) bond motifs is 30. The number of rotatable bonds is 5. The molecule has 22 aromatic rings. The van der Waals surface area contributed by atoms with Crippen LogP contribution in [0, 0.1) is 0 Å². The second kappa shape index (κ2) is 24.4. The fourth-order valence-electron chi connectivity index (χ4n) is 22.4. The zero-order valence-corrected chi connectivity index (χ0v) is 70.9. The third kappa shape index (κ3) is 9.34. The molecule has 8 heteroatoms. The maximum atomic E-state index is 2.61. The average molecular weight is 1610 g/mol. The predicted molar refractivity (Wildman–Crippen MR) is 521 cm³/mol. The Balaban J connectivity index is 0.596. The zero-order chi connectivity index (χ0) is 79.9. The van der Waals surface area contributed by atoms with Gasteiger partial charge in [0.1, 0.15) is 0 Å². The summed E-state index contributed by atoms with van der Waals surface area (Å²) in [6.45, 7) is 19.7. The highest BCUT2D eigenvalue weighted by atomic mass is 32.1. The van der Waals surface area contributed by atoms with Gasteiger partial charge in [0, 0.05) is 136 Å². The lowest BCUT2D eigenvalue weighted by molar-refractivity contribution is 0.634. The first kappa shape index (κ1) is 69.1. The molecule has 4 aromatic heterocycles. The maximum Gasteiger partial charge on any atom is 0.0595 e. The van der Waals surface area contributed by atoms with Crippen molar-refractivity contribution in [1.29, 1.82) is 0 Å². The highest BCUT2D eigenvalue weighted by molar-refractivity contribution is 7.28. The number of benzene rings is 18. The minimum absolute atomic E-state index is 0.258. The number of hydrogen-bond acceptors (Lipinski definition) is 8. The van der Waals surface area contributed by atoms with Gasteiger partial charge in [0.2, 0.25) is 0 Å². The first-order valence-corrected chi connectivity index (χ1v) is 45.2. The summed E-state index contributed by atoms with van der Waals surface area (Å²) in [5, 5.41) is 20.6. The van der Waals surface area contributed by atoms with E-state index in [1.54, 1.807) is 0 Å². The molecule has 26 rings (SSSR count). The molecule has 0 saturated carbocycles. The van der Waals surface area contributed by atoms with Crippen LogP contribution in [0.1, 0.15) is 99.9 Å². The second-order valence-corrected chi connectivity index (χ2v) is 40.1. The van der Waals surface area contributed by atoms with E-state index in [1.807, 2.05) is 45.3 Å². The van der Waals surface area contributed by atoms with E-state index in [4.69, 9.17) is 0 Å². The highest BCUT2D eigenvalue weighted by Crippen LogP contribution is 2.65. The lowest BCUT2D eigenvalue weighted by atomic mass is 9.71. The van der Waals surface area contributed by atoms with E-state index in [1.165, 1.54) is 236 Å². The topological polar surface area (TPSA) is 13.0 Å². The van der Waals surface area contributed by atoms with Crippen LogP contribution in [-0.2, 0) is 21.7 Å². The molecule has 4 aliphatic heterocycles. The van der Waals surface area contributed by atoms with Crippen molar-refractivity contribution in [2.75, 3.05) is 19.6 Å². The summed E-state index contributed by atoms with van der Waals surface area (Å²) in [5.74, 6) is 0. The van der Waals surface area contributed by atoms with Crippen molar-refractivity contribution in [1.82, 2.24) is 0 Å². The van der Waals surface area contributed by atoms with Gasteiger partial charge in [-0.05, 0) is 227 Å². The molecule has 0 aliphatic carbocycles. The van der Waals surface area contributed by atoms with Crippen LogP contribution in [-0.4, -0.2) is 0 Å². The summed E-state index contributed by atoms with van der Waals surface area (Å²) in [6, 6.07) is 126. The molecule has 0 spiro atoms. The van der Waals surface area contributed by atoms with Gasteiger partial charge in [0.05, 0.1) is 45.5 Å². The first-order chi connectivity index (χ1) is 58.5. The first-order valence-electron chi connectivity index (χ1n) is 41.9. The largest absolute Gasteiger partial charge is 0.310 e. The van der Waals surface area contributed by atoms with Crippen molar-refractivity contribution in [3.8, 4) is 11.1 Å².